The second-order valence-corrected chi connectivity index (χ2v) is 7.63. The monoisotopic (exact) mass is 456 g/mol. The number of benzene rings is 3. The van der Waals surface area contributed by atoms with Crippen LogP contribution in [0.3, 0.4) is 0 Å². The SMILES string of the molecule is COc1ccc(OCCn2cc(/C=C3/N=C(c4ccccc4F)OC3=O)c3ccccc32)cc1. The quantitative estimate of drug-likeness (QED) is 0.283. The Bertz CT molecular complexity index is 1420. The zero-order valence-corrected chi connectivity index (χ0v) is 18.4. The third-order valence-electron chi connectivity index (χ3n) is 5.50. The average Bonchev–Trinajstić information content (AvgIpc) is 3.40. The summed E-state index contributed by atoms with van der Waals surface area (Å²) in [5.41, 5.74) is 2.08. The first-order chi connectivity index (χ1) is 16.6. The van der Waals surface area contributed by atoms with Crippen LogP contribution in [0.25, 0.3) is 17.0 Å². The van der Waals surface area contributed by atoms with E-state index in [1.165, 1.54) is 12.1 Å². The van der Waals surface area contributed by atoms with Crippen molar-refractivity contribution in [2.45, 2.75) is 6.54 Å². The maximum atomic E-state index is 14.1. The molecule has 5 rings (SSSR count). The third kappa shape index (κ3) is 4.28. The molecule has 4 aromatic rings. The van der Waals surface area contributed by atoms with Crippen LogP contribution < -0.4 is 9.47 Å². The van der Waals surface area contributed by atoms with Crippen molar-refractivity contribution in [2.75, 3.05) is 13.7 Å². The summed E-state index contributed by atoms with van der Waals surface area (Å²) >= 11 is 0. The van der Waals surface area contributed by atoms with Crippen molar-refractivity contribution in [2.24, 2.45) is 4.99 Å². The summed E-state index contributed by atoms with van der Waals surface area (Å²) in [5, 5.41) is 0.960. The molecule has 6 nitrogen and oxygen atoms in total. The van der Waals surface area contributed by atoms with Gasteiger partial charge in [-0.15, -0.1) is 0 Å². The Morgan fingerprint density at radius 3 is 2.53 bits per heavy atom. The highest BCUT2D eigenvalue weighted by Gasteiger charge is 2.26. The van der Waals surface area contributed by atoms with Crippen molar-refractivity contribution < 1.29 is 23.4 Å². The second kappa shape index (κ2) is 9.23. The maximum absolute atomic E-state index is 14.1. The van der Waals surface area contributed by atoms with Crippen molar-refractivity contribution in [1.82, 2.24) is 4.57 Å². The number of hydrogen-bond acceptors (Lipinski definition) is 5. The highest BCUT2D eigenvalue weighted by molar-refractivity contribution is 6.13. The van der Waals surface area contributed by atoms with E-state index < -0.39 is 11.8 Å². The third-order valence-corrected chi connectivity index (χ3v) is 5.50. The Hall–Kier alpha value is -4.39. The molecule has 0 aliphatic carbocycles. The Balaban J connectivity index is 1.39. The van der Waals surface area contributed by atoms with E-state index in [4.69, 9.17) is 14.2 Å². The van der Waals surface area contributed by atoms with Crippen LogP contribution in [0.15, 0.2) is 89.7 Å². The summed E-state index contributed by atoms with van der Waals surface area (Å²) in [6.07, 6.45) is 3.61. The van der Waals surface area contributed by atoms with E-state index in [0.29, 0.717) is 13.2 Å². The number of cyclic esters (lactones) is 1. The van der Waals surface area contributed by atoms with Crippen molar-refractivity contribution >= 4 is 28.8 Å². The minimum absolute atomic E-state index is 0.0361. The number of halogens is 1. The highest BCUT2D eigenvalue weighted by Crippen LogP contribution is 2.27. The largest absolute Gasteiger partial charge is 0.497 e. The fourth-order valence-corrected chi connectivity index (χ4v) is 3.82. The minimum Gasteiger partial charge on any atom is -0.497 e. The summed E-state index contributed by atoms with van der Waals surface area (Å²) in [7, 11) is 1.62. The van der Waals surface area contributed by atoms with Crippen LogP contribution >= 0.6 is 0 Å². The van der Waals surface area contributed by atoms with Gasteiger partial charge in [0.05, 0.1) is 19.2 Å². The number of esters is 1. The number of rotatable bonds is 7. The number of carbonyl (C=O) groups excluding carboxylic acids is 1. The first-order valence-corrected chi connectivity index (χ1v) is 10.7. The predicted molar refractivity (Wildman–Crippen MR) is 127 cm³/mol. The Labute approximate surface area is 195 Å². The molecule has 1 aliphatic rings. The molecule has 34 heavy (non-hydrogen) atoms. The van der Waals surface area contributed by atoms with E-state index in [-0.39, 0.29) is 17.2 Å². The van der Waals surface area contributed by atoms with E-state index in [2.05, 4.69) is 9.56 Å². The van der Waals surface area contributed by atoms with Crippen LogP contribution in [0.5, 0.6) is 11.5 Å². The number of aliphatic imine (C=N–C) groups is 1. The standard InChI is InChI=1S/C27H21FN2O4/c1-32-19-10-12-20(13-11-19)33-15-14-30-17-18(21-6-3-5-9-25(21)30)16-24-27(31)34-26(29-24)22-7-2-4-8-23(22)28/h2-13,16-17H,14-15H2,1H3/b24-16+. The molecule has 3 aromatic carbocycles. The molecule has 0 spiro atoms. The lowest BCUT2D eigenvalue weighted by atomic mass is 10.1. The van der Waals surface area contributed by atoms with Crippen LogP contribution in [0.1, 0.15) is 11.1 Å². The van der Waals surface area contributed by atoms with Gasteiger partial charge in [0.1, 0.15) is 23.9 Å². The molecule has 0 fully saturated rings. The van der Waals surface area contributed by atoms with Crippen LogP contribution in [0.4, 0.5) is 4.39 Å². The number of nitrogens with zero attached hydrogens (tertiary/aromatic N) is 2. The van der Waals surface area contributed by atoms with Crippen LogP contribution in [0.2, 0.25) is 0 Å². The molecular weight excluding hydrogens is 435 g/mol. The molecule has 0 bridgehead atoms. The maximum Gasteiger partial charge on any atom is 0.363 e. The fraction of sp³-hybridized carbons (Fsp3) is 0.111. The summed E-state index contributed by atoms with van der Waals surface area (Å²) in [4.78, 5) is 16.7. The molecule has 0 unspecified atom stereocenters. The van der Waals surface area contributed by atoms with Gasteiger partial charge in [-0.2, -0.15) is 0 Å². The molecule has 2 heterocycles. The van der Waals surface area contributed by atoms with Crippen molar-refractivity contribution in [3.05, 3.63) is 102 Å². The number of carbonyl (C=O) groups is 1. The molecule has 170 valence electrons. The summed E-state index contributed by atoms with van der Waals surface area (Å²) in [6.45, 7) is 1.06. The van der Waals surface area contributed by atoms with Crippen molar-refractivity contribution in [3.8, 4) is 11.5 Å². The van der Waals surface area contributed by atoms with E-state index in [1.54, 1.807) is 25.3 Å². The molecule has 1 aromatic heterocycles. The number of fused-ring (bicyclic) bond motifs is 1. The van der Waals surface area contributed by atoms with Crippen molar-refractivity contribution in [1.29, 1.82) is 0 Å². The highest BCUT2D eigenvalue weighted by atomic mass is 19.1. The first-order valence-electron chi connectivity index (χ1n) is 10.7. The number of hydrogen-bond donors (Lipinski definition) is 0. The van der Waals surface area contributed by atoms with Crippen LogP contribution in [-0.2, 0) is 16.1 Å². The molecule has 7 heteroatoms. The molecular formula is C27H21FN2O4. The molecule has 0 saturated carbocycles. The van der Waals surface area contributed by atoms with E-state index in [0.717, 1.165) is 28.0 Å². The molecule has 0 amide bonds. The fourth-order valence-electron chi connectivity index (χ4n) is 3.82. The molecule has 0 saturated heterocycles. The van der Waals surface area contributed by atoms with Gasteiger partial charge >= 0.3 is 5.97 Å². The number of methoxy groups -OCH3 is 1. The first kappa shape index (κ1) is 21.5. The van der Waals surface area contributed by atoms with Gasteiger partial charge in [-0.05, 0) is 48.5 Å². The smallest absolute Gasteiger partial charge is 0.363 e. The van der Waals surface area contributed by atoms with Gasteiger partial charge in [-0.25, -0.2) is 14.2 Å². The van der Waals surface area contributed by atoms with Gasteiger partial charge in [0.2, 0.25) is 5.90 Å². The van der Waals surface area contributed by atoms with Crippen LogP contribution in [0, 0.1) is 5.82 Å². The Morgan fingerprint density at radius 2 is 1.74 bits per heavy atom. The normalized spacial score (nSPS) is 14.4. The average molecular weight is 456 g/mol. The lowest BCUT2D eigenvalue weighted by Crippen LogP contribution is -2.07. The van der Waals surface area contributed by atoms with Gasteiger partial charge in [0, 0.05) is 22.7 Å². The van der Waals surface area contributed by atoms with Gasteiger partial charge in [0.15, 0.2) is 5.70 Å². The summed E-state index contributed by atoms with van der Waals surface area (Å²) in [6, 6.07) is 21.4. The van der Waals surface area contributed by atoms with E-state index >= 15 is 0 Å². The predicted octanol–water partition coefficient (Wildman–Crippen LogP) is 5.21. The van der Waals surface area contributed by atoms with Gasteiger partial charge in [-0.1, -0.05) is 30.3 Å². The topological polar surface area (TPSA) is 62.1 Å². The number of aromatic nitrogens is 1. The Morgan fingerprint density at radius 1 is 1.00 bits per heavy atom. The zero-order chi connectivity index (χ0) is 23.5. The summed E-state index contributed by atoms with van der Waals surface area (Å²) < 4.78 is 32.4. The van der Waals surface area contributed by atoms with Crippen molar-refractivity contribution in [3.63, 3.8) is 0 Å². The Kier molecular flexibility index (Phi) is 5.82. The van der Waals surface area contributed by atoms with E-state index in [1.807, 2.05) is 54.7 Å². The molecule has 0 radical (unpaired) electrons. The zero-order valence-electron chi connectivity index (χ0n) is 18.4. The van der Waals surface area contributed by atoms with Gasteiger partial charge in [-0.3, -0.25) is 0 Å². The van der Waals surface area contributed by atoms with Crippen LogP contribution in [-0.4, -0.2) is 30.2 Å². The van der Waals surface area contributed by atoms with Gasteiger partial charge < -0.3 is 18.8 Å². The van der Waals surface area contributed by atoms with Gasteiger partial charge in [0.25, 0.3) is 0 Å². The summed E-state index contributed by atoms with van der Waals surface area (Å²) in [5.74, 6) is 0.378. The molecule has 0 atom stereocenters. The minimum atomic E-state index is -0.613. The lowest BCUT2D eigenvalue weighted by molar-refractivity contribution is -0.129. The molecule has 1 aliphatic heterocycles. The molecule has 0 N–H and O–H groups in total. The second-order valence-electron chi connectivity index (χ2n) is 7.63. The number of ether oxygens (including phenoxy) is 3. The van der Waals surface area contributed by atoms with E-state index in [9.17, 15) is 9.18 Å². The lowest BCUT2D eigenvalue weighted by Gasteiger charge is -2.09. The number of para-hydroxylation sites is 1.